The lowest BCUT2D eigenvalue weighted by atomic mass is 10.2. The van der Waals surface area contributed by atoms with Crippen LogP contribution in [0.1, 0.15) is 21.5 Å². The fourth-order valence-corrected chi connectivity index (χ4v) is 2.79. The predicted octanol–water partition coefficient (Wildman–Crippen LogP) is 4.41. The first-order valence-corrected chi connectivity index (χ1v) is 9.25. The quantitative estimate of drug-likeness (QED) is 0.484. The highest BCUT2D eigenvalue weighted by molar-refractivity contribution is 6.30. The summed E-state index contributed by atoms with van der Waals surface area (Å²) >= 11 is 5.87. The standard InChI is InChI=1S/C22H17ClN2O4/c23-18-6-1-16(2-7-18)13-27-19-8-3-15(4-9-19)12-24-25-22(26)17-5-10-20-21(11-17)29-14-28-20/h1-12H,13-14H2,(H,25,26). The molecule has 0 aromatic heterocycles. The van der Waals surface area contributed by atoms with Gasteiger partial charge in [-0.05, 0) is 65.7 Å². The van der Waals surface area contributed by atoms with E-state index in [1.54, 1.807) is 24.4 Å². The number of nitrogens with one attached hydrogen (secondary N) is 1. The molecule has 1 N–H and O–H groups in total. The highest BCUT2D eigenvalue weighted by Gasteiger charge is 2.15. The summed E-state index contributed by atoms with van der Waals surface area (Å²) in [5.74, 6) is 1.59. The van der Waals surface area contributed by atoms with E-state index in [1.807, 2.05) is 48.5 Å². The molecule has 0 saturated heterocycles. The molecule has 0 radical (unpaired) electrons. The average molecular weight is 409 g/mol. The first-order chi connectivity index (χ1) is 14.2. The maximum atomic E-state index is 12.2. The van der Waals surface area contributed by atoms with E-state index in [2.05, 4.69) is 10.5 Å². The zero-order valence-corrected chi connectivity index (χ0v) is 16.1. The summed E-state index contributed by atoms with van der Waals surface area (Å²) in [6.45, 7) is 0.619. The second kappa shape index (κ2) is 8.67. The van der Waals surface area contributed by atoms with Crippen LogP contribution in [-0.2, 0) is 6.61 Å². The molecule has 0 spiro atoms. The third-order valence-electron chi connectivity index (χ3n) is 4.21. The van der Waals surface area contributed by atoms with Crippen molar-refractivity contribution in [3.05, 3.63) is 88.4 Å². The minimum atomic E-state index is -0.331. The Balaban J connectivity index is 1.29. The van der Waals surface area contributed by atoms with Gasteiger partial charge in [0, 0.05) is 10.6 Å². The second-order valence-electron chi connectivity index (χ2n) is 6.25. The predicted molar refractivity (Wildman–Crippen MR) is 110 cm³/mol. The summed E-state index contributed by atoms with van der Waals surface area (Å²) in [6.07, 6.45) is 1.56. The molecule has 0 atom stereocenters. The Bertz CT molecular complexity index is 1030. The Morgan fingerprint density at radius 3 is 2.59 bits per heavy atom. The van der Waals surface area contributed by atoms with E-state index in [0.717, 1.165) is 16.9 Å². The summed E-state index contributed by atoms with van der Waals surface area (Å²) in [5, 5.41) is 4.69. The van der Waals surface area contributed by atoms with Crippen LogP contribution in [0.25, 0.3) is 0 Å². The molecule has 0 aliphatic carbocycles. The second-order valence-corrected chi connectivity index (χ2v) is 6.69. The lowest BCUT2D eigenvalue weighted by molar-refractivity contribution is 0.0954. The lowest BCUT2D eigenvalue weighted by Gasteiger charge is -2.06. The summed E-state index contributed by atoms with van der Waals surface area (Å²) in [4.78, 5) is 12.2. The van der Waals surface area contributed by atoms with Crippen LogP contribution in [-0.4, -0.2) is 18.9 Å². The number of amides is 1. The molecule has 7 heteroatoms. The van der Waals surface area contributed by atoms with Crippen LogP contribution in [0, 0.1) is 0 Å². The van der Waals surface area contributed by atoms with Gasteiger partial charge in [-0.2, -0.15) is 5.10 Å². The topological polar surface area (TPSA) is 69.2 Å². The van der Waals surface area contributed by atoms with Crippen molar-refractivity contribution in [2.45, 2.75) is 6.61 Å². The summed E-state index contributed by atoms with van der Waals surface area (Å²) in [6, 6.07) is 19.9. The van der Waals surface area contributed by atoms with Gasteiger partial charge < -0.3 is 14.2 Å². The van der Waals surface area contributed by atoms with Crippen molar-refractivity contribution in [3.63, 3.8) is 0 Å². The van der Waals surface area contributed by atoms with E-state index < -0.39 is 0 Å². The highest BCUT2D eigenvalue weighted by Crippen LogP contribution is 2.32. The van der Waals surface area contributed by atoms with Crippen LogP contribution in [0.4, 0.5) is 0 Å². The van der Waals surface area contributed by atoms with Crippen LogP contribution < -0.4 is 19.6 Å². The lowest BCUT2D eigenvalue weighted by Crippen LogP contribution is -2.17. The Morgan fingerprint density at radius 1 is 1.03 bits per heavy atom. The minimum Gasteiger partial charge on any atom is -0.489 e. The zero-order chi connectivity index (χ0) is 20.1. The first kappa shape index (κ1) is 18.8. The number of rotatable bonds is 6. The van der Waals surface area contributed by atoms with E-state index in [0.29, 0.717) is 28.7 Å². The van der Waals surface area contributed by atoms with Crippen molar-refractivity contribution in [1.29, 1.82) is 0 Å². The summed E-state index contributed by atoms with van der Waals surface area (Å²) in [5.41, 5.74) is 4.80. The molecule has 1 amide bonds. The highest BCUT2D eigenvalue weighted by atomic mass is 35.5. The Kier molecular flexibility index (Phi) is 5.63. The molecule has 29 heavy (non-hydrogen) atoms. The number of carbonyl (C=O) groups excluding carboxylic acids is 1. The normalized spacial score (nSPS) is 12.2. The Hall–Kier alpha value is -3.51. The monoisotopic (exact) mass is 408 g/mol. The molecule has 146 valence electrons. The maximum absolute atomic E-state index is 12.2. The molecule has 0 fully saturated rings. The molecular weight excluding hydrogens is 392 g/mol. The SMILES string of the molecule is O=C(NN=Cc1ccc(OCc2ccc(Cl)cc2)cc1)c1ccc2c(c1)OCO2. The molecule has 1 aliphatic rings. The Labute approximate surface area is 172 Å². The maximum Gasteiger partial charge on any atom is 0.271 e. The van der Waals surface area contributed by atoms with Gasteiger partial charge in [0.2, 0.25) is 6.79 Å². The third-order valence-corrected chi connectivity index (χ3v) is 4.47. The van der Waals surface area contributed by atoms with Gasteiger partial charge in [-0.15, -0.1) is 0 Å². The van der Waals surface area contributed by atoms with Crippen molar-refractivity contribution in [2.75, 3.05) is 6.79 Å². The third kappa shape index (κ3) is 4.86. The van der Waals surface area contributed by atoms with E-state index in [9.17, 15) is 4.79 Å². The van der Waals surface area contributed by atoms with Crippen molar-refractivity contribution < 1.29 is 19.0 Å². The molecule has 1 heterocycles. The molecular formula is C22H17ClN2O4. The number of hydrogen-bond acceptors (Lipinski definition) is 5. The number of fused-ring (bicyclic) bond motifs is 1. The van der Waals surface area contributed by atoms with Crippen LogP contribution in [0.5, 0.6) is 17.2 Å². The van der Waals surface area contributed by atoms with Crippen LogP contribution in [0.15, 0.2) is 71.8 Å². The van der Waals surface area contributed by atoms with E-state index >= 15 is 0 Å². The number of hydrogen-bond donors (Lipinski definition) is 1. The van der Waals surface area contributed by atoms with Gasteiger partial charge in [-0.1, -0.05) is 23.7 Å². The van der Waals surface area contributed by atoms with Gasteiger partial charge in [-0.25, -0.2) is 5.43 Å². The number of benzene rings is 3. The number of ether oxygens (including phenoxy) is 3. The molecule has 1 aliphatic heterocycles. The van der Waals surface area contributed by atoms with Crippen LogP contribution >= 0.6 is 11.6 Å². The first-order valence-electron chi connectivity index (χ1n) is 8.88. The average Bonchev–Trinajstić information content (AvgIpc) is 3.22. The molecule has 0 saturated carbocycles. The van der Waals surface area contributed by atoms with Crippen molar-refractivity contribution >= 4 is 23.7 Å². The van der Waals surface area contributed by atoms with Gasteiger partial charge in [0.25, 0.3) is 5.91 Å². The molecule has 4 rings (SSSR count). The summed E-state index contributed by atoms with van der Waals surface area (Å²) < 4.78 is 16.2. The Morgan fingerprint density at radius 2 is 1.79 bits per heavy atom. The molecule has 6 nitrogen and oxygen atoms in total. The van der Waals surface area contributed by atoms with Crippen molar-refractivity contribution in [3.8, 4) is 17.2 Å². The number of hydrazone groups is 1. The molecule has 3 aromatic rings. The van der Waals surface area contributed by atoms with Crippen LogP contribution in [0.3, 0.4) is 0 Å². The van der Waals surface area contributed by atoms with Crippen molar-refractivity contribution in [2.24, 2.45) is 5.10 Å². The zero-order valence-electron chi connectivity index (χ0n) is 15.3. The fraction of sp³-hybridized carbons (Fsp3) is 0.0909. The number of carbonyl (C=O) groups is 1. The smallest absolute Gasteiger partial charge is 0.271 e. The van der Waals surface area contributed by atoms with Crippen molar-refractivity contribution in [1.82, 2.24) is 5.43 Å². The van der Waals surface area contributed by atoms with Gasteiger partial charge in [0.1, 0.15) is 12.4 Å². The minimum absolute atomic E-state index is 0.165. The largest absolute Gasteiger partial charge is 0.489 e. The van der Waals surface area contributed by atoms with Gasteiger partial charge in [0.15, 0.2) is 11.5 Å². The molecule has 0 bridgehead atoms. The molecule has 0 unspecified atom stereocenters. The van der Waals surface area contributed by atoms with Crippen LogP contribution in [0.2, 0.25) is 5.02 Å². The number of nitrogens with zero attached hydrogens (tertiary/aromatic N) is 1. The van der Waals surface area contributed by atoms with E-state index in [1.165, 1.54) is 0 Å². The van der Waals surface area contributed by atoms with Gasteiger partial charge >= 0.3 is 0 Å². The van der Waals surface area contributed by atoms with E-state index in [-0.39, 0.29) is 12.7 Å². The molecule has 3 aromatic carbocycles. The van der Waals surface area contributed by atoms with Gasteiger partial charge in [-0.3, -0.25) is 4.79 Å². The number of halogens is 1. The fourth-order valence-electron chi connectivity index (χ4n) is 2.67. The van der Waals surface area contributed by atoms with E-state index in [4.69, 9.17) is 25.8 Å². The summed E-state index contributed by atoms with van der Waals surface area (Å²) in [7, 11) is 0. The van der Waals surface area contributed by atoms with Gasteiger partial charge in [0.05, 0.1) is 6.21 Å².